The Morgan fingerprint density at radius 1 is 1.15 bits per heavy atom. The summed E-state index contributed by atoms with van der Waals surface area (Å²) in [6, 6.07) is 13.2. The largest absolute Gasteiger partial charge is 0.495 e. The number of aryl methyl sites for hydroxylation is 1. The molecule has 0 heterocycles. The van der Waals surface area contributed by atoms with Gasteiger partial charge in [0.15, 0.2) is 0 Å². The van der Waals surface area contributed by atoms with Crippen LogP contribution in [0.15, 0.2) is 53.4 Å². The molecule has 7 heteroatoms. The molecule has 2 rings (SSSR count). The molecule has 0 aliphatic rings. The Hall–Kier alpha value is -2.38. The second kappa shape index (κ2) is 8.82. The minimum absolute atomic E-state index is 0.0161. The first-order chi connectivity index (χ1) is 12.4. The minimum atomic E-state index is -3.94. The van der Waals surface area contributed by atoms with Gasteiger partial charge in [0.2, 0.25) is 15.9 Å². The smallest absolute Gasteiger partial charge is 0.244 e. The third-order valence-electron chi connectivity index (χ3n) is 3.86. The fraction of sp³-hybridized carbons (Fsp3) is 0.316. The van der Waals surface area contributed by atoms with Crippen molar-refractivity contribution in [2.75, 3.05) is 13.7 Å². The van der Waals surface area contributed by atoms with E-state index in [1.54, 1.807) is 26.0 Å². The van der Waals surface area contributed by atoms with Crippen LogP contribution in [0.25, 0.3) is 0 Å². The first-order valence-electron chi connectivity index (χ1n) is 8.36. The molecule has 6 nitrogen and oxygen atoms in total. The summed E-state index contributed by atoms with van der Waals surface area (Å²) < 4.78 is 33.5. The Balaban J connectivity index is 2.34. The van der Waals surface area contributed by atoms with Crippen LogP contribution >= 0.6 is 0 Å². The topological polar surface area (TPSA) is 84.5 Å². The SMILES string of the molecule is CCNC(=O)C(Cc1ccccc1)NS(=O)(=O)c1cc(C)ccc1OC. The maximum Gasteiger partial charge on any atom is 0.244 e. The number of carbonyl (C=O) groups is 1. The van der Waals surface area contributed by atoms with Gasteiger partial charge in [0.25, 0.3) is 0 Å². The van der Waals surface area contributed by atoms with Crippen molar-refractivity contribution in [3.63, 3.8) is 0 Å². The molecule has 2 aromatic rings. The van der Waals surface area contributed by atoms with Crippen LogP contribution in [-0.4, -0.2) is 34.0 Å². The molecule has 0 aromatic heterocycles. The predicted molar refractivity (Wildman–Crippen MR) is 101 cm³/mol. The number of likely N-dealkylation sites (N-methyl/N-ethyl adjacent to an activating group) is 1. The number of methoxy groups -OCH3 is 1. The van der Waals surface area contributed by atoms with Crippen LogP contribution in [0.2, 0.25) is 0 Å². The molecule has 140 valence electrons. The maximum absolute atomic E-state index is 12.9. The van der Waals surface area contributed by atoms with Crippen LogP contribution in [0, 0.1) is 6.92 Å². The predicted octanol–water partition coefficient (Wildman–Crippen LogP) is 2.03. The van der Waals surface area contributed by atoms with Gasteiger partial charge >= 0.3 is 0 Å². The van der Waals surface area contributed by atoms with Crippen molar-refractivity contribution in [1.82, 2.24) is 10.0 Å². The number of rotatable bonds is 8. The lowest BCUT2D eigenvalue weighted by Gasteiger charge is -2.19. The summed E-state index contributed by atoms with van der Waals surface area (Å²) in [7, 11) is -2.53. The fourth-order valence-corrected chi connectivity index (χ4v) is 4.03. The number of hydrogen-bond acceptors (Lipinski definition) is 4. The van der Waals surface area contributed by atoms with E-state index < -0.39 is 16.1 Å². The Morgan fingerprint density at radius 2 is 1.85 bits per heavy atom. The van der Waals surface area contributed by atoms with E-state index in [9.17, 15) is 13.2 Å². The van der Waals surface area contributed by atoms with Crippen molar-refractivity contribution in [3.05, 3.63) is 59.7 Å². The van der Waals surface area contributed by atoms with Crippen molar-refractivity contribution in [2.24, 2.45) is 0 Å². The number of ether oxygens (including phenoxy) is 1. The highest BCUT2D eigenvalue weighted by Crippen LogP contribution is 2.25. The first kappa shape index (κ1) is 19.9. The lowest BCUT2D eigenvalue weighted by molar-refractivity contribution is -0.122. The van der Waals surface area contributed by atoms with E-state index >= 15 is 0 Å². The minimum Gasteiger partial charge on any atom is -0.495 e. The molecule has 0 radical (unpaired) electrons. The highest BCUT2D eigenvalue weighted by molar-refractivity contribution is 7.89. The number of amides is 1. The molecule has 1 unspecified atom stereocenters. The molecule has 0 aliphatic heterocycles. The highest BCUT2D eigenvalue weighted by atomic mass is 32.2. The van der Waals surface area contributed by atoms with Gasteiger partial charge < -0.3 is 10.1 Å². The van der Waals surface area contributed by atoms with Crippen molar-refractivity contribution in [1.29, 1.82) is 0 Å². The van der Waals surface area contributed by atoms with Gasteiger partial charge in [-0.15, -0.1) is 0 Å². The van der Waals surface area contributed by atoms with E-state index in [-0.39, 0.29) is 23.0 Å². The molecule has 2 N–H and O–H groups in total. The molecule has 2 aromatic carbocycles. The summed E-state index contributed by atoms with van der Waals surface area (Å²) in [5.74, 6) is -0.135. The van der Waals surface area contributed by atoms with E-state index in [1.165, 1.54) is 13.2 Å². The van der Waals surface area contributed by atoms with Crippen molar-refractivity contribution >= 4 is 15.9 Å². The Labute approximate surface area is 154 Å². The Kier molecular flexibility index (Phi) is 6.76. The quantitative estimate of drug-likeness (QED) is 0.738. The van der Waals surface area contributed by atoms with Crippen molar-refractivity contribution in [2.45, 2.75) is 31.2 Å². The van der Waals surface area contributed by atoms with Gasteiger partial charge in [-0.25, -0.2) is 8.42 Å². The number of hydrogen-bond donors (Lipinski definition) is 2. The summed E-state index contributed by atoms with van der Waals surface area (Å²) in [4.78, 5) is 12.4. The lowest BCUT2D eigenvalue weighted by atomic mass is 10.1. The van der Waals surface area contributed by atoms with Crippen LogP contribution < -0.4 is 14.8 Å². The van der Waals surface area contributed by atoms with Crippen LogP contribution in [0.3, 0.4) is 0 Å². The van der Waals surface area contributed by atoms with Gasteiger partial charge in [-0.1, -0.05) is 36.4 Å². The third-order valence-corrected chi connectivity index (χ3v) is 5.35. The number of sulfonamides is 1. The summed E-state index contributed by atoms with van der Waals surface area (Å²) in [6.45, 7) is 4.00. The van der Waals surface area contributed by atoms with Gasteiger partial charge in [0.05, 0.1) is 7.11 Å². The second-order valence-corrected chi connectivity index (χ2v) is 7.59. The molecule has 1 amide bonds. The standard InChI is InChI=1S/C19H24N2O4S/c1-4-20-19(22)16(13-15-8-6-5-7-9-15)21-26(23,24)18-12-14(2)10-11-17(18)25-3/h5-12,16,21H,4,13H2,1-3H3,(H,20,22). The summed E-state index contributed by atoms with van der Waals surface area (Å²) in [5, 5.41) is 2.68. The van der Waals surface area contributed by atoms with Gasteiger partial charge in [0.1, 0.15) is 16.7 Å². The molecule has 0 spiro atoms. The molecular weight excluding hydrogens is 352 g/mol. The highest BCUT2D eigenvalue weighted by Gasteiger charge is 2.28. The molecule has 0 aliphatic carbocycles. The zero-order valence-electron chi connectivity index (χ0n) is 15.2. The van der Waals surface area contributed by atoms with Crippen LogP contribution in [-0.2, 0) is 21.2 Å². The van der Waals surface area contributed by atoms with E-state index in [0.29, 0.717) is 6.54 Å². The van der Waals surface area contributed by atoms with E-state index in [2.05, 4.69) is 10.0 Å². The normalized spacial score (nSPS) is 12.4. The van der Waals surface area contributed by atoms with Crippen LogP contribution in [0.1, 0.15) is 18.1 Å². The summed E-state index contributed by atoms with van der Waals surface area (Å²) in [6.07, 6.45) is 0.250. The molecule has 0 saturated heterocycles. The van der Waals surface area contributed by atoms with Gasteiger partial charge in [-0.3, -0.25) is 4.79 Å². The summed E-state index contributed by atoms with van der Waals surface area (Å²) in [5.41, 5.74) is 1.64. The average Bonchev–Trinajstić information content (AvgIpc) is 2.62. The maximum atomic E-state index is 12.9. The first-order valence-corrected chi connectivity index (χ1v) is 9.84. The number of nitrogens with one attached hydrogen (secondary N) is 2. The van der Waals surface area contributed by atoms with Gasteiger partial charge in [-0.05, 0) is 43.5 Å². The second-order valence-electron chi connectivity index (χ2n) is 5.91. The monoisotopic (exact) mass is 376 g/mol. The lowest BCUT2D eigenvalue weighted by Crippen LogP contribution is -2.47. The van der Waals surface area contributed by atoms with Crippen molar-refractivity contribution in [3.8, 4) is 5.75 Å². The van der Waals surface area contributed by atoms with E-state index in [0.717, 1.165) is 11.1 Å². The molecule has 0 fully saturated rings. The average molecular weight is 376 g/mol. The van der Waals surface area contributed by atoms with Crippen molar-refractivity contribution < 1.29 is 17.9 Å². The third kappa shape index (κ3) is 5.06. The van der Waals surface area contributed by atoms with Crippen LogP contribution in [0.4, 0.5) is 0 Å². The zero-order chi connectivity index (χ0) is 19.2. The fourth-order valence-electron chi connectivity index (χ4n) is 2.58. The summed E-state index contributed by atoms with van der Waals surface area (Å²) >= 11 is 0. The Morgan fingerprint density at radius 3 is 2.46 bits per heavy atom. The molecule has 26 heavy (non-hydrogen) atoms. The molecular formula is C19H24N2O4S. The molecule has 0 saturated carbocycles. The molecule has 0 bridgehead atoms. The molecule has 1 atom stereocenters. The Bertz CT molecular complexity index is 851. The van der Waals surface area contributed by atoms with Gasteiger partial charge in [-0.2, -0.15) is 4.72 Å². The van der Waals surface area contributed by atoms with E-state index in [4.69, 9.17) is 4.74 Å². The number of carbonyl (C=O) groups excluding carboxylic acids is 1. The zero-order valence-corrected chi connectivity index (χ0v) is 16.0. The van der Waals surface area contributed by atoms with Gasteiger partial charge in [0, 0.05) is 6.54 Å². The van der Waals surface area contributed by atoms with E-state index in [1.807, 2.05) is 30.3 Å². The number of benzene rings is 2. The van der Waals surface area contributed by atoms with Crippen LogP contribution in [0.5, 0.6) is 5.75 Å².